The zero-order chi connectivity index (χ0) is 13.0. The van der Waals surface area contributed by atoms with Crippen LogP contribution in [0.1, 0.15) is 0 Å². The highest BCUT2D eigenvalue weighted by Gasteiger charge is 2.12. The van der Waals surface area contributed by atoms with Crippen molar-refractivity contribution in [2.24, 2.45) is 0 Å². The summed E-state index contributed by atoms with van der Waals surface area (Å²) in [6.07, 6.45) is 0. The van der Waals surface area contributed by atoms with Crippen LogP contribution in [0.2, 0.25) is 10.0 Å². The number of halogens is 2. The number of benzene rings is 1. The number of nitrogens with two attached hydrogens (primary N) is 1. The van der Waals surface area contributed by atoms with Gasteiger partial charge in [0.2, 0.25) is 0 Å². The van der Waals surface area contributed by atoms with Crippen LogP contribution in [-0.2, 0) is 4.74 Å². The maximum absolute atomic E-state index is 6.03. The van der Waals surface area contributed by atoms with Crippen molar-refractivity contribution in [3.8, 4) is 5.75 Å². The number of rotatable bonds is 4. The molecule has 1 aromatic rings. The Morgan fingerprint density at radius 1 is 1.22 bits per heavy atom. The normalized spacial score (nSPS) is 16.8. The largest absolute Gasteiger partial charge is 0.489 e. The Morgan fingerprint density at radius 3 is 2.44 bits per heavy atom. The Balaban J connectivity index is 1.86. The summed E-state index contributed by atoms with van der Waals surface area (Å²) in [5.41, 5.74) is 6.16. The van der Waals surface area contributed by atoms with E-state index in [9.17, 15) is 0 Å². The summed E-state index contributed by atoms with van der Waals surface area (Å²) >= 11 is 12.1. The molecule has 2 N–H and O–H groups in total. The molecule has 1 saturated heterocycles. The predicted octanol–water partition coefficient (Wildman–Crippen LogP) is 2.29. The minimum Gasteiger partial charge on any atom is -0.489 e. The van der Waals surface area contributed by atoms with E-state index in [2.05, 4.69) is 4.90 Å². The molecule has 0 radical (unpaired) electrons. The Labute approximate surface area is 117 Å². The third-order valence-corrected chi connectivity index (χ3v) is 3.34. The average molecular weight is 291 g/mol. The molecule has 0 aromatic heterocycles. The quantitative estimate of drug-likeness (QED) is 0.865. The zero-order valence-corrected chi connectivity index (χ0v) is 11.5. The van der Waals surface area contributed by atoms with Crippen LogP contribution in [0.25, 0.3) is 0 Å². The van der Waals surface area contributed by atoms with E-state index < -0.39 is 0 Å². The number of hydrogen-bond donors (Lipinski definition) is 1. The molecule has 0 saturated carbocycles. The van der Waals surface area contributed by atoms with Crippen molar-refractivity contribution in [1.82, 2.24) is 4.90 Å². The number of nitrogen functional groups attached to an aromatic ring is 1. The number of anilines is 1. The van der Waals surface area contributed by atoms with Crippen LogP contribution in [-0.4, -0.2) is 44.4 Å². The fraction of sp³-hybridized carbons (Fsp3) is 0.500. The molecule has 0 aliphatic carbocycles. The van der Waals surface area contributed by atoms with Gasteiger partial charge in [-0.3, -0.25) is 4.90 Å². The molecular formula is C12H16Cl2N2O2. The topological polar surface area (TPSA) is 47.7 Å². The van der Waals surface area contributed by atoms with E-state index in [1.807, 2.05) is 0 Å². The van der Waals surface area contributed by atoms with E-state index in [-0.39, 0.29) is 0 Å². The first-order chi connectivity index (χ1) is 8.66. The van der Waals surface area contributed by atoms with E-state index in [4.69, 9.17) is 38.4 Å². The van der Waals surface area contributed by atoms with Crippen molar-refractivity contribution >= 4 is 28.9 Å². The van der Waals surface area contributed by atoms with Gasteiger partial charge >= 0.3 is 0 Å². The van der Waals surface area contributed by atoms with Gasteiger partial charge in [-0.25, -0.2) is 0 Å². The van der Waals surface area contributed by atoms with E-state index in [0.29, 0.717) is 28.1 Å². The van der Waals surface area contributed by atoms with Gasteiger partial charge in [0, 0.05) is 25.3 Å². The zero-order valence-electron chi connectivity index (χ0n) is 9.99. The molecule has 0 unspecified atom stereocenters. The second-order valence-electron chi connectivity index (χ2n) is 4.12. The molecule has 1 aromatic carbocycles. The fourth-order valence-electron chi connectivity index (χ4n) is 1.82. The summed E-state index contributed by atoms with van der Waals surface area (Å²) in [4.78, 5) is 2.28. The minimum atomic E-state index is 0.446. The molecule has 1 aliphatic heterocycles. The van der Waals surface area contributed by atoms with Gasteiger partial charge in [0.15, 0.2) is 5.75 Å². The van der Waals surface area contributed by atoms with Crippen LogP contribution in [0.5, 0.6) is 5.75 Å². The Morgan fingerprint density at radius 2 is 1.83 bits per heavy atom. The highest BCUT2D eigenvalue weighted by atomic mass is 35.5. The smallest absolute Gasteiger partial charge is 0.156 e. The van der Waals surface area contributed by atoms with Gasteiger partial charge in [-0.2, -0.15) is 0 Å². The van der Waals surface area contributed by atoms with E-state index in [1.165, 1.54) is 0 Å². The number of hydrogen-bond acceptors (Lipinski definition) is 4. The molecule has 18 heavy (non-hydrogen) atoms. The van der Waals surface area contributed by atoms with Crippen LogP contribution in [0.4, 0.5) is 5.69 Å². The van der Waals surface area contributed by atoms with Gasteiger partial charge in [0.1, 0.15) is 6.61 Å². The summed E-state index contributed by atoms with van der Waals surface area (Å²) in [5.74, 6) is 0.501. The van der Waals surface area contributed by atoms with Crippen LogP contribution in [0.15, 0.2) is 12.1 Å². The number of ether oxygens (including phenoxy) is 2. The van der Waals surface area contributed by atoms with Crippen molar-refractivity contribution < 1.29 is 9.47 Å². The lowest BCUT2D eigenvalue weighted by Gasteiger charge is -2.26. The number of nitrogens with zero attached hydrogens (tertiary/aromatic N) is 1. The van der Waals surface area contributed by atoms with E-state index in [1.54, 1.807) is 12.1 Å². The summed E-state index contributed by atoms with van der Waals surface area (Å²) in [6.45, 7) is 4.82. The number of morpholine rings is 1. The molecule has 0 bridgehead atoms. The summed E-state index contributed by atoms with van der Waals surface area (Å²) in [6, 6.07) is 3.27. The van der Waals surface area contributed by atoms with Gasteiger partial charge < -0.3 is 15.2 Å². The van der Waals surface area contributed by atoms with Crippen LogP contribution >= 0.6 is 23.2 Å². The fourth-order valence-corrected chi connectivity index (χ4v) is 2.43. The molecule has 1 fully saturated rings. The molecule has 4 nitrogen and oxygen atoms in total. The maximum Gasteiger partial charge on any atom is 0.156 e. The molecule has 0 amide bonds. The van der Waals surface area contributed by atoms with E-state index in [0.717, 1.165) is 32.8 Å². The van der Waals surface area contributed by atoms with Crippen LogP contribution < -0.4 is 10.5 Å². The first-order valence-electron chi connectivity index (χ1n) is 5.84. The monoisotopic (exact) mass is 290 g/mol. The summed E-state index contributed by atoms with van der Waals surface area (Å²) < 4.78 is 10.9. The van der Waals surface area contributed by atoms with Crippen molar-refractivity contribution in [2.75, 3.05) is 45.2 Å². The van der Waals surface area contributed by atoms with Gasteiger partial charge in [-0.15, -0.1) is 0 Å². The summed E-state index contributed by atoms with van der Waals surface area (Å²) in [5, 5.41) is 0.893. The maximum atomic E-state index is 6.03. The van der Waals surface area contributed by atoms with Crippen LogP contribution in [0, 0.1) is 0 Å². The molecule has 2 rings (SSSR count). The third-order valence-electron chi connectivity index (χ3n) is 2.78. The van der Waals surface area contributed by atoms with Gasteiger partial charge in [-0.05, 0) is 12.1 Å². The average Bonchev–Trinajstić information content (AvgIpc) is 2.34. The first-order valence-corrected chi connectivity index (χ1v) is 6.60. The third kappa shape index (κ3) is 3.65. The van der Waals surface area contributed by atoms with E-state index >= 15 is 0 Å². The first kappa shape index (κ1) is 13.7. The SMILES string of the molecule is Nc1cc(Cl)c(OCCN2CCOCC2)c(Cl)c1. The molecule has 0 atom stereocenters. The Hall–Kier alpha value is -0.680. The van der Waals surface area contributed by atoms with Gasteiger partial charge in [0.25, 0.3) is 0 Å². The van der Waals surface area contributed by atoms with Crippen molar-refractivity contribution in [1.29, 1.82) is 0 Å². The van der Waals surface area contributed by atoms with Gasteiger partial charge in [0.05, 0.1) is 23.3 Å². The molecule has 1 heterocycles. The lowest BCUT2D eigenvalue weighted by atomic mass is 10.3. The standard InChI is InChI=1S/C12H16Cl2N2O2/c13-10-7-9(15)8-11(14)12(10)18-6-3-16-1-4-17-5-2-16/h7-8H,1-6,15H2. The molecular weight excluding hydrogens is 275 g/mol. The second kappa shape index (κ2) is 6.48. The predicted molar refractivity (Wildman–Crippen MR) is 73.6 cm³/mol. The summed E-state index contributed by atoms with van der Waals surface area (Å²) in [7, 11) is 0. The highest BCUT2D eigenvalue weighted by Crippen LogP contribution is 2.34. The van der Waals surface area contributed by atoms with Crippen LogP contribution in [0.3, 0.4) is 0 Å². The highest BCUT2D eigenvalue weighted by molar-refractivity contribution is 6.37. The minimum absolute atomic E-state index is 0.446. The van der Waals surface area contributed by atoms with Crippen molar-refractivity contribution in [3.05, 3.63) is 22.2 Å². The van der Waals surface area contributed by atoms with Gasteiger partial charge in [-0.1, -0.05) is 23.2 Å². The lowest BCUT2D eigenvalue weighted by Crippen LogP contribution is -2.38. The van der Waals surface area contributed by atoms with Crippen molar-refractivity contribution in [3.63, 3.8) is 0 Å². The second-order valence-corrected chi connectivity index (χ2v) is 4.93. The molecule has 1 aliphatic rings. The molecule has 100 valence electrons. The Bertz CT molecular complexity index is 386. The molecule has 6 heteroatoms. The Kier molecular flexibility index (Phi) is 4.95. The lowest BCUT2D eigenvalue weighted by molar-refractivity contribution is 0.0322. The van der Waals surface area contributed by atoms with Crippen molar-refractivity contribution in [2.45, 2.75) is 0 Å². The molecule has 0 spiro atoms.